The van der Waals surface area contributed by atoms with Crippen molar-refractivity contribution < 1.29 is 23.1 Å². The third kappa shape index (κ3) is 4.89. The number of halogens is 3. The van der Waals surface area contributed by atoms with Crippen LogP contribution in [-0.2, 0) is 17.4 Å². The van der Waals surface area contributed by atoms with Gasteiger partial charge in [-0.2, -0.15) is 13.2 Å². The maximum Gasteiger partial charge on any atom is 0.416 e. The van der Waals surface area contributed by atoms with Crippen LogP contribution in [0.1, 0.15) is 30.5 Å². The van der Waals surface area contributed by atoms with E-state index >= 15 is 0 Å². The molecule has 0 radical (unpaired) electrons. The monoisotopic (exact) mass is 248 g/mol. The molecule has 0 aliphatic heterocycles. The topological polar surface area (TPSA) is 37.3 Å². The number of aliphatic carboxylic acids is 1. The van der Waals surface area contributed by atoms with Crippen LogP contribution >= 0.6 is 0 Å². The lowest BCUT2D eigenvalue weighted by Crippen LogP contribution is -2.08. The van der Waals surface area contributed by atoms with Crippen LogP contribution in [0.25, 0.3) is 0 Å². The Morgan fingerprint density at radius 3 is 2.24 bits per heavy atom. The lowest BCUT2D eigenvalue weighted by molar-refractivity contribution is -0.138. The predicted molar refractivity (Wildman–Crippen MR) is 58.9 cm³/mol. The van der Waals surface area contributed by atoms with Crippen molar-refractivity contribution in [2.45, 2.75) is 33.4 Å². The Hall–Kier alpha value is -1.52. The first kappa shape index (κ1) is 15.5. The highest BCUT2D eigenvalue weighted by Gasteiger charge is 2.30. The molecule has 1 aromatic carbocycles. The van der Waals surface area contributed by atoms with E-state index in [0.29, 0.717) is 5.56 Å². The minimum absolute atomic E-state index is 0.192. The van der Waals surface area contributed by atoms with E-state index in [1.165, 1.54) is 6.07 Å². The van der Waals surface area contributed by atoms with Crippen LogP contribution < -0.4 is 0 Å². The second-order valence-corrected chi connectivity index (χ2v) is 3.21. The number of carboxylic acids is 1. The third-order valence-corrected chi connectivity index (χ3v) is 2.02. The molecule has 5 heteroatoms. The summed E-state index contributed by atoms with van der Waals surface area (Å²) in [6.07, 6.45) is -4.82. The first-order valence-electron chi connectivity index (χ1n) is 5.19. The van der Waals surface area contributed by atoms with E-state index in [0.717, 1.165) is 12.1 Å². The summed E-state index contributed by atoms with van der Waals surface area (Å²) in [4.78, 5) is 10.4. The average Bonchev–Trinajstić information content (AvgIpc) is 2.22. The zero-order chi connectivity index (χ0) is 13.6. The molecule has 0 amide bonds. The number of hydrogen-bond acceptors (Lipinski definition) is 1. The quantitative estimate of drug-likeness (QED) is 0.867. The first-order valence-corrected chi connectivity index (χ1v) is 5.19. The van der Waals surface area contributed by atoms with E-state index in [2.05, 4.69) is 0 Å². The largest absolute Gasteiger partial charge is 0.481 e. The van der Waals surface area contributed by atoms with E-state index in [1.54, 1.807) is 6.92 Å². The highest BCUT2D eigenvalue weighted by molar-refractivity contribution is 5.70. The Kier molecular flexibility index (Phi) is 5.71. The summed E-state index contributed by atoms with van der Waals surface area (Å²) >= 11 is 0. The minimum atomic E-state index is -4.43. The van der Waals surface area contributed by atoms with Gasteiger partial charge in [-0.25, -0.2) is 0 Å². The molecule has 0 aromatic heterocycles. The van der Waals surface area contributed by atoms with Gasteiger partial charge in [0.05, 0.1) is 12.0 Å². The standard InChI is InChI=1S/C10H9F3O2.C2H6/c1-6-2-3-8(10(11,12)13)4-7(6)5-9(14)15;1-2/h2-4H,5H2,1H3,(H,14,15);1-2H3. The smallest absolute Gasteiger partial charge is 0.416 e. The SMILES string of the molecule is CC.Cc1ccc(C(F)(F)F)cc1CC(=O)O. The number of hydrogen-bond donors (Lipinski definition) is 1. The average molecular weight is 248 g/mol. The van der Waals surface area contributed by atoms with Crippen LogP contribution in [0.2, 0.25) is 0 Å². The van der Waals surface area contributed by atoms with Crippen molar-refractivity contribution in [1.82, 2.24) is 0 Å². The molecule has 1 rings (SSSR count). The molecule has 96 valence electrons. The molecule has 1 N–H and O–H groups in total. The van der Waals surface area contributed by atoms with E-state index < -0.39 is 24.1 Å². The Bertz CT molecular complexity index is 384. The number of rotatable bonds is 2. The van der Waals surface area contributed by atoms with Crippen molar-refractivity contribution in [1.29, 1.82) is 0 Å². The summed E-state index contributed by atoms with van der Waals surface area (Å²) < 4.78 is 36.9. The molecule has 0 heterocycles. The lowest BCUT2D eigenvalue weighted by Gasteiger charge is -2.09. The molecule has 0 saturated heterocycles. The highest BCUT2D eigenvalue weighted by atomic mass is 19.4. The van der Waals surface area contributed by atoms with Gasteiger partial charge >= 0.3 is 12.1 Å². The lowest BCUT2D eigenvalue weighted by atomic mass is 10.0. The fraction of sp³-hybridized carbons (Fsp3) is 0.417. The molecular formula is C12H15F3O2. The number of carbonyl (C=O) groups is 1. The summed E-state index contributed by atoms with van der Waals surface area (Å²) in [7, 11) is 0. The molecule has 0 bridgehead atoms. The molecule has 1 aromatic rings. The van der Waals surface area contributed by atoms with Gasteiger partial charge in [0.2, 0.25) is 0 Å². The number of carboxylic acid groups (broad SMARTS) is 1. The van der Waals surface area contributed by atoms with Crippen molar-refractivity contribution in [2.75, 3.05) is 0 Å². The second-order valence-electron chi connectivity index (χ2n) is 3.21. The van der Waals surface area contributed by atoms with Gasteiger partial charge in [0.15, 0.2) is 0 Å². The first-order chi connectivity index (χ1) is 7.80. The second kappa shape index (κ2) is 6.27. The van der Waals surface area contributed by atoms with Gasteiger partial charge in [0.25, 0.3) is 0 Å². The summed E-state index contributed by atoms with van der Waals surface area (Å²) in [5.41, 5.74) is -0.0768. The Morgan fingerprint density at radius 2 is 1.82 bits per heavy atom. The maximum atomic E-state index is 12.3. The van der Waals surface area contributed by atoms with Crippen molar-refractivity contribution in [3.05, 3.63) is 34.9 Å². The zero-order valence-electron chi connectivity index (χ0n) is 9.93. The van der Waals surface area contributed by atoms with E-state index in [1.807, 2.05) is 13.8 Å². The van der Waals surface area contributed by atoms with Crippen LogP contribution in [0.4, 0.5) is 13.2 Å². The van der Waals surface area contributed by atoms with Gasteiger partial charge in [-0.3, -0.25) is 4.79 Å². The minimum Gasteiger partial charge on any atom is -0.481 e. The molecule has 0 atom stereocenters. The van der Waals surface area contributed by atoms with Crippen LogP contribution in [0.3, 0.4) is 0 Å². The van der Waals surface area contributed by atoms with Crippen molar-refractivity contribution in [2.24, 2.45) is 0 Å². The Morgan fingerprint density at radius 1 is 1.29 bits per heavy atom. The van der Waals surface area contributed by atoms with Crippen LogP contribution in [0.15, 0.2) is 18.2 Å². The molecule has 0 aliphatic rings. The molecule has 0 saturated carbocycles. The predicted octanol–water partition coefficient (Wildman–Crippen LogP) is 3.67. The van der Waals surface area contributed by atoms with Gasteiger partial charge in [0.1, 0.15) is 0 Å². The van der Waals surface area contributed by atoms with Gasteiger partial charge in [-0.05, 0) is 30.2 Å². The van der Waals surface area contributed by atoms with Crippen molar-refractivity contribution in [3.63, 3.8) is 0 Å². The molecular weight excluding hydrogens is 233 g/mol. The summed E-state index contributed by atoms with van der Waals surface area (Å²) in [5.74, 6) is -1.14. The van der Waals surface area contributed by atoms with Crippen molar-refractivity contribution in [3.8, 4) is 0 Å². The zero-order valence-corrected chi connectivity index (χ0v) is 9.93. The highest BCUT2D eigenvalue weighted by Crippen LogP contribution is 2.30. The number of aryl methyl sites for hydroxylation is 1. The number of benzene rings is 1. The van der Waals surface area contributed by atoms with Gasteiger partial charge in [-0.1, -0.05) is 19.9 Å². The molecule has 0 unspecified atom stereocenters. The van der Waals surface area contributed by atoms with Gasteiger partial charge in [-0.15, -0.1) is 0 Å². The summed E-state index contributed by atoms with van der Waals surface area (Å²) in [5, 5.41) is 8.50. The molecule has 0 fully saturated rings. The summed E-state index contributed by atoms with van der Waals surface area (Å²) in [6.45, 7) is 5.58. The number of alkyl halides is 3. The van der Waals surface area contributed by atoms with Gasteiger partial charge < -0.3 is 5.11 Å². The summed E-state index contributed by atoms with van der Waals surface area (Å²) in [6, 6.07) is 3.10. The maximum absolute atomic E-state index is 12.3. The molecule has 0 aliphatic carbocycles. The van der Waals surface area contributed by atoms with E-state index in [4.69, 9.17) is 5.11 Å². The Labute approximate surface area is 98.1 Å². The Balaban J connectivity index is 0.00000121. The normalized spacial score (nSPS) is 10.5. The van der Waals surface area contributed by atoms with Crippen LogP contribution in [0, 0.1) is 6.92 Å². The molecule has 17 heavy (non-hydrogen) atoms. The fourth-order valence-electron chi connectivity index (χ4n) is 1.20. The molecule has 2 nitrogen and oxygen atoms in total. The third-order valence-electron chi connectivity index (χ3n) is 2.02. The van der Waals surface area contributed by atoms with Crippen LogP contribution in [-0.4, -0.2) is 11.1 Å². The fourth-order valence-corrected chi connectivity index (χ4v) is 1.20. The molecule has 0 spiro atoms. The van der Waals surface area contributed by atoms with Gasteiger partial charge in [0, 0.05) is 0 Å². The van der Waals surface area contributed by atoms with Crippen molar-refractivity contribution >= 4 is 5.97 Å². The van der Waals surface area contributed by atoms with E-state index in [9.17, 15) is 18.0 Å². The van der Waals surface area contributed by atoms with Crippen LogP contribution in [0.5, 0.6) is 0 Å². The van der Waals surface area contributed by atoms with E-state index in [-0.39, 0.29) is 5.56 Å².